The summed E-state index contributed by atoms with van der Waals surface area (Å²) in [5.74, 6) is 2.54. The summed E-state index contributed by atoms with van der Waals surface area (Å²) in [5.41, 5.74) is 0. The third kappa shape index (κ3) is 3.30. The summed E-state index contributed by atoms with van der Waals surface area (Å²) in [7, 11) is 0. The second-order valence-corrected chi connectivity index (χ2v) is 6.11. The summed E-state index contributed by atoms with van der Waals surface area (Å²) < 4.78 is 2.16. The molecule has 0 radical (unpaired) electrons. The average Bonchev–Trinajstić information content (AvgIpc) is 2.30. The van der Waals surface area contributed by atoms with E-state index in [1.807, 2.05) is 23.5 Å². The van der Waals surface area contributed by atoms with Crippen LogP contribution in [0, 0.1) is 0 Å². The number of Topliss-reactive ketones (excluding diaryl/α,β-unsaturated/α-hetero) is 1. The normalized spacial score (nSPS) is 18.7. The number of rotatable bonds is 1. The molecule has 0 spiro atoms. The van der Waals surface area contributed by atoms with Gasteiger partial charge in [-0.1, -0.05) is 0 Å². The zero-order chi connectivity index (χ0) is 8.97. The molecule has 0 amide bonds. The van der Waals surface area contributed by atoms with E-state index in [0.717, 1.165) is 3.58 Å². The molecule has 4 heteroatoms. The SMILES string of the molecule is CC(=O)C(I)=C1SCCCCS1. The van der Waals surface area contributed by atoms with E-state index in [2.05, 4.69) is 22.6 Å². The van der Waals surface area contributed by atoms with E-state index in [9.17, 15) is 4.79 Å². The predicted octanol–water partition coefficient (Wildman–Crippen LogP) is 3.44. The molecule has 0 bridgehead atoms. The number of allylic oxidation sites excluding steroid dienone is 1. The van der Waals surface area contributed by atoms with Crippen LogP contribution in [-0.2, 0) is 4.79 Å². The van der Waals surface area contributed by atoms with Gasteiger partial charge in [-0.25, -0.2) is 0 Å². The highest BCUT2D eigenvalue weighted by Crippen LogP contribution is 2.38. The van der Waals surface area contributed by atoms with Crippen LogP contribution in [0.25, 0.3) is 0 Å². The highest BCUT2D eigenvalue weighted by molar-refractivity contribution is 14.1. The third-order valence-electron chi connectivity index (χ3n) is 1.49. The summed E-state index contributed by atoms with van der Waals surface area (Å²) in [6, 6.07) is 0. The van der Waals surface area contributed by atoms with Gasteiger partial charge in [-0.15, -0.1) is 23.5 Å². The largest absolute Gasteiger partial charge is 0.294 e. The van der Waals surface area contributed by atoms with Gasteiger partial charge in [-0.05, 0) is 53.9 Å². The fraction of sp³-hybridized carbons (Fsp3) is 0.625. The first kappa shape index (κ1) is 10.9. The van der Waals surface area contributed by atoms with Gasteiger partial charge in [0.25, 0.3) is 0 Å². The van der Waals surface area contributed by atoms with Crippen molar-refractivity contribution in [3.8, 4) is 0 Å². The Hall–Kier alpha value is 0.840. The van der Waals surface area contributed by atoms with Gasteiger partial charge >= 0.3 is 0 Å². The Morgan fingerprint density at radius 2 is 1.83 bits per heavy atom. The van der Waals surface area contributed by atoms with Crippen molar-refractivity contribution in [1.82, 2.24) is 0 Å². The van der Waals surface area contributed by atoms with Crippen LogP contribution in [-0.4, -0.2) is 17.3 Å². The summed E-state index contributed by atoms with van der Waals surface area (Å²) >= 11 is 5.83. The lowest BCUT2D eigenvalue weighted by atomic mass is 10.4. The molecular formula is C8H11IOS2. The minimum atomic E-state index is 0.201. The molecule has 68 valence electrons. The molecule has 1 fully saturated rings. The van der Waals surface area contributed by atoms with Crippen molar-refractivity contribution in [2.24, 2.45) is 0 Å². The molecule has 1 aliphatic heterocycles. The lowest BCUT2D eigenvalue weighted by Crippen LogP contribution is -1.90. The van der Waals surface area contributed by atoms with Crippen LogP contribution in [0.15, 0.2) is 7.82 Å². The Bertz CT molecular complexity index is 203. The Kier molecular flexibility index (Phi) is 5.04. The van der Waals surface area contributed by atoms with Gasteiger partial charge in [-0.3, -0.25) is 4.79 Å². The van der Waals surface area contributed by atoms with Gasteiger partial charge in [0.1, 0.15) is 0 Å². The monoisotopic (exact) mass is 314 g/mol. The van der Waals surface area contributed by atoms with Gasteiger partial charge in [0.2, 0.25) is 0 Å². The highest BCUT2D eigenvalue weighted by atomic mass is 127. The van der Waals surface area contributed by atoms with Crippen molar-refractivity contribution in [3.05, 3.63) is 7.82 Å². The Labute approximate surface area is 95.3 Å². The summed E-state index contributed by atoms with van der Waals surface area (Å²) in [4.78, 5) is 11.1. The van der Waals surface area contributed by atoms with Crippen molar-refractivity contribution >= 4 is 51.9 Å². The standard InChI is InChI=1S/C8H11IOS2/c1-6(10)7(9)8-11-4-2-3-5-12-8/h2-5H2,1H3. The maximum atomic E-state index is 11.1. The molecule has 0 aromatic rings. The number of carbonyl (C=O) groups is 1. The fourth-order valence-electron chi connectivity index (χ4n) is 0.846. The van der Waals surface area contributed by atoms with Crippen molar-refractivity contribution in [3.63, 3.8) is 0 Å². The minimum Gasteiger partial charge on any atom is -0.294 e. The van der Waals surface area contributed by atoms with E-state index in [-0.39, 0.29) is 5.78 Å². The third-order valence-corrected chi connectivity index (χ3v) is 6.15. The number of hydrogen-bond donors (Lipinski definition) is 0. The summed E-state index contributed by atoms with van der Waals surface area (Å²) in [6.45, 7) is 1.64. The van der Waals surface area contributed by atoms with E-state index in [4.69, 9.17) is 0 Å². The Morgan fingerprint density at radius 1 is 1.33 bits per heavy atom. The molecule has 0 saturated carbocycles. The van der Waals surface area contributed by atoms with Crippen LogP contribution in [0.4, 0.5) is 0 Å². The van der Waals surface area contributed by atoms with Crippen LogP contribution in [0.5, 0.6) is 0 Å². The molecule has 1 nitrogen and oxygen atoms in total. The van der Waals surface area contributed by atoms with Crippen molar-refractivity contribution in [2.45, 2.75) is 19.8 Å². The van der Waals surface area contributed by atoms with Gasteiger partial charge in [0, 0.05) is 0 Å². The topological polar surface area (TPSA) is 17.1 Å². The number of hydrogen-bond acceptors (Lipinski definition) is 3. The number of carbonyl (C=O) groups excluding carboxylic acids is 1. The average molecular weight is 314 g/mol. The Morgan fingerprint density at radius 3 is 2.25 bits per heavy atom. The second kappa shape index (κ2) is 5.54. The van der Waals surface area contributed by atoms with E-state index in [1.165, 1.54) is 28.6 Å². The van der Waals surface area contributed by atoms with Crippen molar-refractivity contribution < 1.29 is 4.79 Å². The first-order valence-electron chi connectivity index (χ1n) is 3.88. The van der Waals surface area contributed by atoms with Crippen molar-refractivity contribution in [1.29, 1.82) is 0 Å². The van der Waals surface area contributed by atoms with E-state index in [0.29, 0.717) is 0 Å². The quantitative estimate of drug-likeness (QED) is 0.545. The maximum Gasteiger partial charge on any atom is 0.167 e. The van der Waals surface area contributed by atoms with Crippen LogP contribution < -0.4 is 0 Å². The molecule has 0 aromatic carbocycles. The van der Waals surface area contributed by atoms with Gasteiger partial charge < -0.3 is 0 Å². The molecule has 1 aliphatic rings. The molecule has 0 unspecified atom stereocenters. The molecule has 0 aliphatic carbocycles. The predicted molar refractivity (Wildman–Crippen MR) is 65.9 cm³/mol. The van der Waals surface area contributed by atoms with Crippen molar-refractivity contribution in [2.75, 3.05) is 11.5 Å². The maximum absolute atomic E-state index is 11.1. The molecular weight excluding hydrogens is 303 g/mol. The lowest BCUT2D eigenvalue weighted by Gasteiger charge is -2.02. The van der Waals surface area contributed by atoms with Crippen LogP contribution in [0.1, 0.15) is 19.8 Å². The molecule has 0 aromatic heterocycles. The van der Waals surface area contributed by atoms with Crippen LogP contribution >= 0.6 is 46.1 Å². The molecule has 0 N–H and O–H groups in total. The smallest absolute Gasteiger partial charge is 0.167 e. The lowest BCUT2D eigenvalue weighted by molar-refractivity contribution is -0.112. The second-order valence-electron chi connectivity index (χ2n) is 2.56. The van der Waals surface area contributed by atoms with E-state index in [1.54, 1.807) is 6.92 Å². The molecule has 1 rings (SSSR count). The van der Waals surface area contributed by atoms with Crippen LogP contribution in [0.3, 0.4) is 0 Å². The molecule has 12 heavy (non-hydrogen) atoms. The van der Waals surface area contributed by atoms with E-state index >= 15 is 0 Å². The van der Waals surface area contributed by atoms with Gasteiger partial charge in [-0.2, -0.15) is 0 Å². The zero-order valence-corrected chi connectivity index (χ0v) is 10.7. The van der Waals surface area contributed by atoms with Gasteiger partial charge in [0.15, 0.2) is 5.78 Å². The first-order valence-corrected chi connectivity index (χ1v) is 6.93. The molecule has 0 atom stereocenters. The zero-order valence-electron chi connectivity index (χ0n) is 6.93. The fourth-order valence-corrected chi connectivity index (χ4v) is 4.22. The Balaban J connectivity index is 2.69. The number of thioether (sulfide) groups is 2. The van der Waals surface area contributed by atoms with Crippen LogP contribution in [0.2, 0.25) is 0 Å². The minimum absolute atomic E-state index is 0.201. The number of halogens is 1. The van der Waals surface area contributed by atoms with E-state index < -0.39 is 0 Å². The highest BCUT2D eigenvalue weighted by Gasteiger charge is 2.12. The molecule has 1 heterocycles. The number of ketones is 1. The van der Waals surface area contributed by atoms with Gasteiger partial charge in [0.05, 0.1) is 7.82 Å². The summed E-state index contributed by atoms with van der Waals surface area (Å²) in [6.07, 6.45) is 2.56. The first-order chi connectivity index (χ1) is 5.72. The molecule has 1 saturated heterocycles. The summed E-state index contributed by atoms with van der Waals surface area (Å²) in [5, 5.41) is 0.